The third-order valence-corrected chi connectivity index (χ3v) is 4.72. The molecular formula is C14H23BrN4. The topological polar surface area (TPSA) is 33.1 Å². The molecule has 1 aromatic heterocycles. The van der Waals surface area contributed by atoms with E-state index in [1.54, 1.807) is 0 Å². The quantitative estimate of drug-likeness (QED) is 0.920. The van der Waals surface area contributed by atoms with E-state index < -0.39 is 0 Å². The van der Waals surface area contributed by atoms with Gasteiger partial charge in [0.1, 0.15) is 10.4 Å². The first-order chi connectivity index (χ1) is 9.33. The molecule has 4 nitrogen and oxygen atoms in total. The Bertz CT molecular complexity index is 406. The van der Waals surface area contributed by atoms with Gasteiger partial charge in [0.15, 0.2) is 0 Å². The van der Waals surface area contributed by atoms with E-state index in [-0.39, 0.29) is 0 Å². The molecule has 2 aliphatic rings. The van der Waals surface area contributed by atoms with E-state index in [0.717, 1.165) is 24.2 Å². The van der Waals surface area contributed by atoms with Crippen LogP contribution in [0, 0.1) is 0 Å². The van der Waals surface area contributed by atoms with Gasteiger partial charge in [-0.25, -0.2) is 4.98 Å². The van der Waals surface area contributed by atoms with Gasteiger partial charge in [0, 0.05) is 25.2 Å². The largest absolute Gasteiger partial charge is 0.332 e. The molecule has 3 rings (SSSR count). The molecule has 5 heteroatoms. The molecule has 2 saturated heterocycles. The Morgan fingerprint density at radius 3 is 2.68 bits per heavy atom. The lowest BCUT2D eigenvalue weighted by Crippen LogP contribution is -2.29. The minimum absolute atomic E-state index is 0.631. The van der Waals surface area contributed by atoms with Crippen molar-refractivity contribution in [3.05, 3.63) is 16.6 Å². The van der Waals surface area contributed by atoms with Crippen molar-refractivity contribution in [1.82, 2.24) is 19.8 Å². The summed E-state index contributed by atoms with van der Waals surface area (Å²) in [5.74, 6) is 1.92. The summed E-state index contributed by atoms with van der Waals surface area (Å²) >= 11 is 3.54. The minimum atomic E-state index is 0.631. The molecule has 2 aliphatic heterocycles. The molecule has 0 aromatic carbocycles. The Kier molecular flexibility index (Phi) is 4.56. The van der Waals surface area contributed by atoms with Gasteiger partial charge in [0.2, 0.25) is 0 Å². The van der Waals surface area contributed by atoms with Crippen LogP contribution in [-0.2, 0) is 6.54 Å². The number of hydrogen-bond acceptors (Lipinski definition) is 3. The predicted octanol–water partition coefficient (Wildman–Crippen LogP) is 2.21. The Balaban J connectivity index is 1.65. The van der Waals surface area contributed by atoms with Crippen molar-refractivity contribution in [3.63, 3.8) is 0 Å². The minimum Gasteiger partial charge on any atom is -0.332 e. The van der Waals surface area contributed by atoms with E-state index in [4.69, 9.17) is 4.98 Å². The monoisotopic (exact) mass is 326 g/mol. The molecule has 106 valence electrons. The molecule has 0 atom stereocenters. The summed E-state index contributed by atoms with van der Waals surface area (Å²) in [6.45, 7) is 7.05. The second kappa shape index (κ2) is 6.37. The first kappa shape index (κ1) is 13.6. The SMILES string of the molecule is Brc1cn(CCN2CCCC2)c(C2CCNCC2)n1. The van der Waals surface area contributed by atoms with Crippen molar-refractivity contribution in [2.45, 2.75) is 38.1 Å². The van der Waals surface area contributed by atoms with Crippen LogP contribution in [-0.4, -0.2) is 47.2 Å². The number of imidazole rings is 1. The van der Waals surface area contributed by atoms with Crippen molar-refractivity contribution in [1.29, 1.82) is 0 Å². The van der Waals surface area contributed by atoms with Gasteiger partial charge in [-0.2, -0.15) is 0 Å². The summed E-state index contributed by atoms with van der Waals surface area (Å²) in [6.07, 6.45) is 7.33. The van der Waals surface area contributed by atoms with Crippen molar-refractivity contribution >= 4 is 15.9 Å². The van der Waals surface area contributed by atoms with E-state index in [0.29, 0.717) is 5.92 Å². The fourth-order valence-corrected chi connectivity index (χ4v) is 3.67. The van der Waals surface area contributed by atoms with Gasteiger partial charge in [-0.05, 0) is 67.8 Å². The zero-order valence-electron chi connectivity index (χ0n) is 11.4. The lowest BCUT2D eigenvalue weighted by molar-refractivity contribution is 0.316. The fraction of sp³-hybridized carbons (Fsp3) is 0.786. The Morgan fingerprint density at radius 2 is 1.95 bits per heavy atom. The molecular weight excluding hydrogens is 304 g/mol. The number of likely N-dealkylation sites (tertiary alicyclic amines) is 1. The maximum Gasteiger partial charge on any atom is 0.124 e. The molecule has 1 N–H and O–H groups in total. The van der Waals surface area contributed by atoms with Crippen molar-refractivity contribution < 1.29 is 0 Å². The molecule has 0 saturated carbocycles. The highest BCUT2D eigenvalue weighted by atomic mass is 79.9. The standard InChI is InChI=1S/C14H23BrN4/c15-13-11-19(10-9-18-7-1-2-8-18)14(17-13)12-3-5-16-6-4-12/h11-12,16H,1-10H2. The van der Waals surface area contributed by atoms with Crippen LogP contribution in [0.2, 0.25) is 0 Å². The van der Waals surface area contributed by atoms with Gasteiger partial charge < -0.3 is 14.8 Å². The van der Waals surface area contributed by atoms with Crippen molar-refractivity contribution in [2.24, 2.45) is 0 Å². The van der Waals surface area contributed by atoms with Gasteiger partial charge in [0.25, 0.3) is 0 Å². The zero-order valence-corrected chi connectivity index (χ0v) is 13.0. The van der Waals surface area contributed by atoms with E-state index >= 15 is 0 Å². The highest BCUT2D eigenvalue weighted by molar-refractivity contribution is 9.10. The van der Waals surface area contributed by atoms with E-state index in [9.17, 15) is 0 Å². The summed E-state index contributed by atoms with van der Waals surface area (Å²) in [4.78, 5) is 7.28. The van der Waals surface area contributed by atoms with Crippen LogP contribution >= 0.6 is 15.9 Å². The van der Waals surface area contributed by atoms with E-state index in [2.05, 4.69) is 36.9 Å². The molecule has 19 heavy (non-hydrogen) atoms. The van der Waals surface area contributed by atoms with E-state index in [1.807, 2.05) is 0 Å². The van der Waals surface area contributed by atoms with Gasteiger partial charge >= 0.3 is 0 Å². The fourth-order valence-electron chi connectivity index (χ4n) is 3.24. The highest BCUT2D eigenvalue weighted by Crippen LogP contribution is 2.26. The van der Waals surface area contributed by atoms with Crippen LogP contribution < -0.4 is 5.32 Å². The maximum atomic E-state index is 4.71. The summed E-state index contributed by atoms with van der Waals surface area (Å²) in [5.41, 5.74) is 0. The number of rotatable bonds is 4. The number of aromatic nitrogens is 2. The smallest absolute Gasteiger partial charge is 0.124 e. The van der Waals surface area contributed by atoms with Gasteiger partial charge in [-0.1, -0.05) is 0 Å². The van der Waals surface area contributed by atoms with Crippen molar-refractivity contribution in [2.75, 3.05) is 32.7 Å². The number of nitrogens with one attached hydrogen (secondary N) is 1. The predicted molar refractivity (Wildman–Crippen MR) is 80.4 cm³/mol. The normalized spacial score (nSPS) is 22.2. The average Bonchev–Trinajstić information content (AvgIpc) is 3.06. The van der Waals surface area contributed by atoms with Crippen LogP contribution in [0.4, 0.5) is 0 Å². The second-order valence-corrected chi connectivity index (χ2v) is 6.50. The van der Waals surface area contributed by atoms with Crippen LogP contribution in [0.25, 0.3) is 0 Å². The molecule has 0 radical (unpaired) electrons. The molecule has 0 aliphatic carbocycles. The van der Waals surface area contributed by atoms with Crippen LogP contribution in [0.3, 0.4) is 0 Å². The van der Waals surface area contributed by atoms with Crippen LogP contribution in [0.1, 0.15) is 37.4 Å². The second-order valence-electron chi connectivity index (χ2n) is 5.69. The first-order valence-electron chi connectivity index (χ1n) is 7.48. The van der Waals surface area contributed by atoms with Crippen LogP contribution in [0.5, 0.6) is 0 Å². The Hall–Kier alpha value is -0.390. The number of halogens is 1. The summed E-state index contributed by atoms with van der Waals surface area (Å²) in [5, 5.41) is 3.43. The third kappa shape index (κ3) is 3.38. The van der Waals surface area contributed by atoms with Gasteiger partial charge in [-0.3, -0.25) is 0 Å². The lowest BCUT2D eigenvalue weighted by Gasteiger charge is -2.23. The van der Waals surface area contributed by atoms with Crippen molar-refractivity contribution in [3.8, 4) is 0 Å². The number of piperidine rings is 1. The molecule has 3 heterocycles. The number of nitrogens with zero attached hydrogens (tertiary/aromatic N) is 3. The molecule has 0 bridgehead atoms. The highest BCUT2D eigenvalue weighted by Gasteiger charge is 2.21. The first-order valence-corrected chi connectivity index (χ1v) is 8.28. The summed E-state index contributed by atoms with van der Waals surface area (Å²) < 4.78 is 3.36. The average molecular weight is 327 g/mol. The van der Waals surface area contributed by atoms with Gasteiger partial charge in [0.05, 0.1) is 0 Å². The summed E-state index contributed by atoms with van der Waals surface area (Å²) in [7, 11) is 0. The Morgan fingerprint density at radius 1 is 1.21 bits per heavy atom. The van der Waals surface area contributed by atoms with E-state index in [1.165, 1.54) is 51.1 Å². The molecule has 2 fully saturated rings. The van der Waals surface area contributed by atoms with Gasteiger partial charge in [-0.15, -0.1) is 0 Å². The zero-order chi connectivity index (χ0) is 13.1. The van der Waals surface area contributed by atoms with Crippen LogP contribution in [0.15, 0.2) is 10.8 Å². The molecule has 1 aromatic rings. The molecule has 0 spiro atoms. The maximum absolute atomic E-state index is 4.71. The molecule has 0 unspecified atom stereocenters. The molecule has 0 amide bonds. The number of hydrogen-bond donors (Lipinski definition) is 1. The lowest BCUT2D eigenvalue weighted by atomic mass is 9.97. The Labute approximate surface area is 123 Å². The third-order valence-electron chi connectivity index (χ3n) is 4.34. The summed E-state index contributed by atoms with van der Waals surface area (Å²) in [6, 6.07) is 0.